The number of hydrogen-bond donors (Lipinski definition) is 2. The van der Waals surface area contributed by atoms with Crippen molar-refractivity contribution in [2.24, 2.45) is 0 Å². The molecule has 0 fully saturated rings. The molecule has 19 heavy (non-hydrogen) atoms. The minimum atomic E-state index is -0.700. The summed E-state index contributed by atoms with van der Waals surface area (Å²) in [5.74, 6) is -0.792. The van der Waals surface area contributed by atoms with Crippen molar-refractivity contribution in [3.8, 4) is 0 Å². The summed E-state index contributed by atoms with van der Waals surface area (Å²) in [6.45, 7) is 2.29. The van der Waals surface area contributed by atoms with Crippen LogP contribution in [0.2, 0.25) is 0 Å². The van der Waals surface area contributed by atoms with E-state index in [0.717, 1.165) is 38.5 Å². The lowest BCUT2D eigenvalue weighted by molar-refractivity contribution is -0.143. The standard InChI is InChI=1S/C14H26O4.H3N/c1-2-18-14(17)12-10-8-6-4-3-5-7-9-11-13(15)16;/h2-12H2,1H3,(H,15,16);1H3. The van der Waals surface area contributed by atoms with Crippen molar-refractivity contribution in [2.75, 3.05) is 6.61 Å². The van der Waals surface area contributed by atoms with E-state index >= 15 is 0 Å². The second kappa shape index (κ2) is 15.0. The number of carbonyl (C=O) groups is 2. The van der Waals surface area contributed by atoms with Gasteiger partial charge in [-0.1, -0.05) is 38.5 Å². The molecule has 0 aliphatic heterocycles. The minimum absolute atomic E-state index is 0. The molecule has 0 spiro atoms. The van der Waals surface area contributed by atoms with Gasteiger partial charge >= 0.3 is 11.9 Å². The number of carboxylic acid groups (broad SMARTS) is 1. The lowest BCUT2D eigenvalue weighted by Crippen LogP contribution is -2.03. The van der Waals surface area contributed by atoms with Crippen LogP contribution in [0, 0.1) is 0 Å². The number of carboxylic acids is 1. The summed E-state index contributed by atoms with van der Waals surface area (Å²) in [5.41, 5.74) is 0. The van der Waals surface area contributed by atoms with Crippen molar-refractivity contribution in [3.05, 3.63) is 0 Å². The Balaban J connectivity index is 0. The summed E-state index contributed by atoms with van der Waals surface area (Å²) in [6, 6.07) is 0. The van der Waals surface area contributed by atoms with Crippen molar-refractivity contribution in [3.63, 3.8) is 0 Å². The average molecular weight is 275 g/mol. The van der Waals surface area contributed by atoms with Crippen LogP contribution in [0.5, 0.6) is 0 Å². The molecule has 0 radical (unpaired) electrons. The molecule has 0 heterocycles. The molecule has 0 aliphatic carbocycles. The fraction of sp³-hybridized carbons (Fsp3) is 0.857. The van der Waals surface area contributed by atoms with Gasteiger partial charge in [0.15, 0.2) is 0 Å². The number of esters is 1. The third-order valence-corrected chi connectivity index (χ3v) is 2.83. The zero-order valence-corrected chi connectivity index (χ0v) is 12.2. The highest BCUT2D eigenvalue weighted by atomic mass is 16.5. The molecule has 0 rings (SSSR count). The van der Waals surface area contributed by atoms with Gasteiger partial charge < -0.3 is 16.0 Å². The van der Waals surface area contributed by atoms with E-state index in [1.54, 1.807) is 0 Å². The summed E-state index contributed by atoms with van der Waals surface area (Å²) in [4.78, 5) is 21.3. The predicted octanol–water partition coefficient (Wildman–Crippen LogP) is 3.70. The quantitative estimate of drug-likeness (QED) is 0.418. The van der Waals surface area contributed by atoms with E-state index in [2.05, 4.69) is 0 Å². The number of carbonyl (C=O) groups excluding carboxylic acids is 1. The van der Waals surface area contributed by atoms with Crippen LogP contribution in [0.1, 0.15) is 71.1 Å². The molecule has 0 saturated carbocycles. The third kappa shape index (κ3) is 16.9. The van der Waals surface area contributed by atoms with Gasteiger partial charge in [0.2, 0.25) is 0 Å². The molecule has 5 heteroatoms. The molecular formula is C14H29NO4. The second-order valence-corrected chi connectivity index (χ2v) is 4.53. The number of ether oxygens (including phenoxy) is 1. The summed E-state index contributed by atoms with van der Waals surface area (Å²) in [7, 11) is 0. The van der Waals surface area contributed by atoms with E-state index in [4.69, 9.17) is 9.84 Å². The largest absolute Gasteiger partial charge is 0.481 e. The maximum atomic E-state index is 11.0. The SMILES string of the molecule is CCOC(=O)CCCCCCCCCCC(=O)O.N. The Morgan fingerprint density at radius 1 is 0.842 bits per heavy atom. The van der Waals surface area contributed by atoms with Crippen molar-refractivity contribution in [1.29, 1.82) is 0 Å². The number of aliphatic carboxylic acids is 1. The van der Waals surface area contributed by atoms with E-state index in [9.17, 15) is 9.59 Å². The summed E-state index contributed by atoms with van der Waals surface area (Å²) < 4.78 is 4.85. The van der Waals surface area contributed by atoms with Gasteiger partial charge in [0.05, 0.1) is 6.61 Å². The van der Waals surface area contributed by atoms with Crippen LogP contribution in [-0.2, 0) is 14.3 Å². The Morgan fingerprint density at radius 2 is 1.26 bits per heavy atom. The van der Waals surface area contributed by atoms with Gasteiger partial charge in [-0.15, -0.1) is 0 Å². The maximum absolute atomic E-state index is 11.0. The van der Waals surface area contributed by atoms with Gasteiger partial charge in [0.25, 0.3) is 0 Å². The van der Waals surface area contributed by atoms with E-state index in [0.29, 0.717) is 19.4 Å². The highest BCUT2D eigenvalue weighted by molar-refractivity contribution is 5.69. The first-order valence-electron chi connectivity index (χ1n) is 7.04. The fourth-order valence-electron chi connectivity index (χ4n) is 1.84. The second-order valence-electron chi connectivity index (χ2n) is 4.53. The first-order valence-corrected chi connectivity index (χ1v) is 7.04. The average Bonchev–Trinajstić information content (AvgIpc) is 2.31. The first kappa shape index (κ1) is 20.2. The van der Waals surface area contributed by atoms with Crippen LogP contribution in [0.15, 0.2) is 0 Å². The molecule has 0 aromatic heterocycles. The molecule has 0 aromatic rings. The third-order valence-electron chi connectivity index (χ3n) is 2.83. The number of hydrogen-bond acceptors (Lipinski definition) is 4. The van der Waals surface area contributed by atoms with E-state index in [1.807, 2.05) is 6.92 Å². The molecule has 0 aliphatic rings. The van der Waals surface area contributed by atoms with E-state index in [-0.39, 0.29) is 12.1 Å². The molecule has 0 bridgehead atoms. The van der Waals surface area contributed by atoms with Gasteiger partial charge in [-0.3, -0.25) is 9.59 Å². The summed E-state index contributed by atoms with van der Waals surface area (Å²) in [5, 5.41) is 8.46. The van der Waals surface area contributed by atoms with Crippen LogP contribution in [-0.4, -0.2) is 23.7 Å². The highest BCUT2D eigenvalue weighted by Crippen LogP contribution is 2.10. The Bertz CT molecular complexity index is 231. The lowest BCUT2D eigenvalue weighted by Gasteiger charge is -2.02. The normalized spacial score (nSPS) is 9.74. The molecule has 5 nitrogen and oxygen atoms in total. The zero-order chi connectivity index (χ0) is 13.6. The minimum Gasteiger partial charge on any atom is -0.481 e. The monoisotopic (exact) mass is 275 g/mol. The van der Waals surface area contributed by atoms with Crippen molar-refractivity contribution < 1.29 is 19.4 Å². The van der Waals surface area contributed by atoms with Crippen LogP contribution >= 0.6 is 0 Å². The van der Waals surface area contributed by atoms with E-state index in [1.165, 1.54) is 12.8 Å². The topological polar surface area (TPSA) is 98.6 Å². The molecule has 0 saturated heterocycles. The Kier molecular flexibility index (Phi) is 15.9. The molecule has 0 unspecified atom stereocenters. The molecule has 0 aromatic carbocycles. The van der Waals surface area contributed by atoms with Gasteiger partial charge in [-0.25, -0.2) is 0 Å². The van der Waals surface area contributed by atoms with Gasteiger partial charge in [-0.05, 0) is 19.8 Å². The van der Waals surface area contributed by atoms with Crippen molar-refractivity contribution in [2.45, 2.75) is 71.1 Å². The Hall–Kier alpha value is -1.10. The summed E-state index contributed by atoms with van der Waals surface area (Å²) in [6.07, 6.45) is 9.23. The van der Waals surface area contributed by atoms with Crippen LogP contribution in [0.25, 0.3) is 0 Å². The van der Waals surface area contributed by atoms with E-state index < -0.39 is 5.97 Å². The molecule has 0 amide bonds. The molecule has 4 N–H and O–H groups in total. The van der Waals surface area contributed by atoms with Gasteiger partial charge in [0, 0.05) is 12.8 Å². The number of rotatable bonds is 12. The lowest BCUT2D eigenvalue weighted by atomic mass is 10.1. The van der Waals surface area contributed by atoms with Gasteiger partial charge in [-0.2, -0.15) is 0 Å². The Morgan fingerprint density at radius 3 is 1.68 bits per heavy atom. The summed E-state index contributed by atoms with van der Waals surface area (Å²) >= 11 is 0. The smallest absolute Gasteiger partial charge is 0.305 e. The fourth-order valence-corrected chi connectivity index (χ4v) is 1.84. The van der Waals surface area contributed by atoms with Gasteiger partial charge in [0.1, 0.15) is 0 Å². The molecule has 0 atom stereocenters. The van der Waals surface area contributed by atoms with Crippen LogP contribution in [0.4, 0.5) is 0 Å². The molecule has 114 valence electrons. The van der Waals surface area contributed by atoms with Crippen molar-refractivity contribution >= 4 is 11.9 Å². The van der Waals surface area contributed by atoms with Crippen molar-refractivity contribution in [1.82, 2.24) is 6.15 Å². The van der Waals surface area contributed by atoms with Crippen LogP contribution in [0.3, 0.4) is 0 Å². The number of unbranched alkanes of at least 4 members (excludes halogenated alkanes) is 7. The molecular weight excluding hydrogens is 246 g/mol. The van der Waals surface area contributed by atoms with Crippen LogP contribution < -0.4 is 6.15 Å². The highest BCUT2D eigenvalue weighted by Gasteiger charge is 2.00. The zero-order valence-electron chi connectivity index (χ0n) is 12.2. The Labute approximate surface area is 116 Å². The predicted molar refractivity (Wildman–Crippen MR) is 75.5 cm³/mol. The first-order chi connectivity index (χ1) is 8.66. The maximum Gasteiger partial charge on any atom is 0.305 e.